The first-order valence-corrected chi connectivity index (χ1v) is 7.44. The second kappa shape index (κ2) is 5.61. The van der Waals surface area contributed by atoms with Gasteiger partial charge in [0.25, 0.3) is 0 Å². The fraction of sp³-hybridized carbons (Fsp3) is 0.111. The lowest BCUT2D eigenvalue weighted by Gasteiger charge is -2.19. The average Bonchev–Trinajstić information content (AvgIpc) is 3.24. The first kappa shape index (κ1) is 13.6. The van der Waals surface area contributed by atoms with Gasteiger partial charge in [-0.2, -0.15) is 9.61 Å². The van der Waals surface area contributed by atoms with Crippen molar-refractivity contribution in [1.82, 2.24) is 14.6 Å². The third kappa shape index (κ3) is 2.46. The van der Waals surface area contributed by atoms with Gasteiger partial charge in [-0.3, -0.25) is 0 Å². The second-order valence-corrected chi connectivity index (χ2v) is 5.42. The number of aromatic nitrogens is 3. The number of hydrogen-bond donors (Lipinski definition) is 0. The topological polar surface area (TPSA) is 46.6 Å². The van der Waals surface area contributed by atoms with Crippen LogP contribution in [0.3, 0.4) is 0 Å². The predicted molar refractivity (Wildman–Crippen MR) is 89.2 cm³/mol. The van der Waals surface area contributed by atoms with E-state index in [-0.39, 0.29) is 0 Å². The van der Waals surface area contributed by atoms with Crippen LogP contribution < -0.4 is 4.90 Å². The second-order valence-electron chi connectivity index (χ2n) is 5.42. The Hall–Kier alpha value is -3.08. The molecule has 5 nitrogen and oxygen atoms in total. The SMILES string of the molecule is CN(Cc1ccccc1)c1ccnc2c(-c3ccco3)cnn12. The highest BCUT2D eigenvalue weighted by Crippen LogP contribution is 2.26. The molecule has 4 aromatic rings. The van der Waals surface area contributed by atoms with Crippen molar-refractivity contribution >= 4 is 11.5 Å². The van der Waals surface area contributed by atoms with E-state index in [0.29, 0.717) is 0 Å². The lowest BCUT2D eigenvalue weighted by molar-refractivity contribution is 0.583. The number of rotatable bonds is 4. The third-order valence-corrected chi connectivity index (χ3v) is 3.82. The van der Waals surface area contributed by atoms with E-state index in [2.05, 4.69) is 34.2 Å². The lowest BCUT2D eigenvalue weighted by atomic mass is 10.2. The molecule has 0 saturated carbocycles. The van der Waals surface area contributed by atoms with Crippen molar-refractivity contribution in [3.05, 3.63) is 72.8 Å². The zero-order valence-corrected chi connectivity index (χ0v) is 12.8. The number of fused-ring (bicyclic) bond motifs is 1. The summed E-state index contributed by atoms with van der Waals surface area (Å²) in [4.78, 5) is 6.62. The summed E-state index contributed by atoms with van der Waals surface area (Å²) in [6.45, 7) is 0.801. The minimum absolute atomic E-state index is 0.773. The van der Waals surface area contributed by atoms with Crippen molar-refractivity contribution < 1.29 is 4.42 Å². The van der Waals surface area contributed by atoms with Crippen molar-refractivity contribution in [1.29, 1.82) is 0 Å². The molecule has 0 N–H and O–H groups in total. The monoisotopic (exact) mass is 304 g/mol. The van der Waals surface area contributed by atoms with Gasteiger partial charge in [0.15, 0.2) is 5.65 Å². The third-order valence-electron chi connectivity index (χ3n) is 3.82. The summed E-state index contributed by atoms with van der Waals surface area (Å²) in [7, 11) is 2.05. The molecule has 0 atom stereocenters. The molecule has 1 aromatic carbocycles. The van der Waals surface area contributed by atoms with Crippen LogP contribution in [0.2, 0.25) is 0 Å². The molecule has 3 aromatic heterocycles. The van der Waals surface area contributed by atoms with E-state index in [1.165, 1.54) is 5.56 Å². The zero-order chi connectivity index (χ0) is 15.6. The Bertz CT molecular complexity index is 913. The van der Waals surface area contributed by atoms with Crippen LogP contribution in [0.15, 0.2) is 71.6 Å². The molecule has 3 heterocycles. The Morgan fingerprint density at radius 2 is 1.96 bits per heavy atom. The summed E-state index contributed by atoms with van der Waals surface area (Å²) < 4.78 is 7.32. The predicted octanol–water partition coefficient (Wildman–Crippen LogP) is 3.63. The highest BCUT2D eigenvalue weighted by atomic mass is 16.3. The van der Waals surface area contributed by atoms with Crippen LogP contribution in [0.4, 0.5) is 5.82 Å². The molecule has 0 spiro atoms. The van der Waals surface area contributed by atoms with Gasteiger partial charge in [0.1, 0.15) is 11.6 Å². The molecule has 0 aliphatic heterocycles. The number of anilines is 1. The first-order chi connectivity index (χ1) is 11.3. The van der Waals surface area contributed by atoms with E-state index >= 15 is 0 Å². The molecular formula is C18H16N4O. The van der Waals surface area contributed by atoms with Crippen LogP contribution in [0, 0.1) is 0 Å². The molecule has 5 heteroatoms. The highest BCUT2D eigenvalue weighted by Gasteiger charge is 2.14. The summed E-state index contributed by atoms with van der Waals surface area (Å²) >= 11 is 0. The van der Waals surface area contributed by atoms with Gasteiger partial charge in [0.2, 0.25) is 0 Å². The Balaban J connectivity index is 1.73. The van der Waals surface area contributed by atoms with Crippen LogP contribution in [0.1, 0.15) is 5.56 Å². The smallest absolute Gasteiger partial charge is 0.168 e. The fourth-order valence-corrected chi connectivity index (χ4v) is 2.71. The molecule has 114 valence electrons. The van der Waals surface area contributed by atoms with Crippen LogP contribution in [0.25, 0.3) is 17.0 Å². The molecule has 0 radical (unpaired) electrons. The van der Waals surface area contributed by atoms with Gasteiger partial charge in [-0.25, -0.2) is 4.98 Å². The fourth-order valence-electron chi connectivity index (χ4n) is 2.71. The van der Waals surface area contributed by atoms with Gasteiger partial charge in [0, 0.05) is 19.8 Å². The molecule has 0 unspecified atom stereocenters. The number of hydrogen-bond acceptors (Lipinski definition) is 4. The van der Waals surface area contributed by atoms with Crippen molar-refractivity contribution in [3.8, 4) is 11.3 Å². The number of furan rings is 1. The summed E-state index contributed by atoms with van der Waals surface area (Å²) in [5.41, 5.74) is 2.93. The maximum Gasteiger partial charge on any atom is 0.168 e. The first-order valence-electron chi connectivity index (χ1n) is 7.44. The van der Waals surface area contributed by atoms with Gasteiger partial charge in [0.05, 0.1) is 18.0 Å². The maximum absolute atomic E-state index is 5.48. The maximum atomic E-state index is 5.48. The van der Waals surface area contributed by atoms with Crippen LogP contribution in [0.5, 0.6) is 0 Å². The largest absolute Gasteiger partial charge is 0.464 e. The molecule has 0 aliphatic carbocycles. The molecular weight excluding hydrogens is 288 g/mol. The van der Waals surface area contributed by atoms with E-state index in [4.69, 9.17) is 4.42 Å². The Kier molecular flexibility index (Phi) is 3.31. The summed E-state index contributed by atoms with van der Waals surface area (Å²) in [6.07, 6.45) is 5.26. The Morgan fingerprint density at radius 1 is 1.09 bits per heavy atom. The normalized spacial score (nSPS) is 11.0. The number of nitrogens with zero attached hydrogens (tertiary/aromatic N) is 4. The van der Waals surface area contributed by atoms with Crippen molar-refractivity contribution in [3.63, 3.8) is 0 Å². The molecule has 0 bridgehead atoms. The van der Waals surface area contributed by atoms with Gasteiger partial charge >= 0.3 is 0 Å². The van der Waals surface area contributed by atoms with E-state index in [0.717, 1.165) is 29.3 Å². The van der Waals surface area contributed by atoms with Gasteiger partial charge in [-0.05, 0) is 23.8 Å². The molecule has 0 amide bonds. The Morgan fingerprint density at radius 3 is 2.74 bits per heavy atom. The minimum Gasteiger partial charge on any atom is -0.464 e. The summed E-state index contributed by atoms with van der Waals surface area (Å²) in [6, 6.07) is 16.1. The molecule has 0 saturated heterocycles. The van der Waals surface area contributed by atoms with E-state index < -0.39 is 0 Å². The van der Waals surface area contributed by atoms with Crippen LogP contribution >= 0.6 is 0 Å². The van der Waals surface area contributed by atoms with Crippen LogP contribution in [-0.2, 0) is 6.54 Å². The zero-order valence-electron chi connectivity index (χ0n) is 12.8. The van der Waals surface area contributed by atoms with Crippen molar-refractivity contribution in [2.75, 3.05) is 11.9 Å². The molecule has 0 aliphatic rings. The highest BCUT2D eigenvalue weighted by molar-refractivity contribution is 5.74. The van der Waals surface area contributed by atoms with E-state index in [1.54, 1.807) is 18.7 Å². The Labute approximate surface area is 133 Å². The van der Waals surface area contributed by atoms with Crippen LogP contribution in [-0.4, -0.2) is 21.6 Å². The molecule has 0 fully saturated rings. The molecule has 23 heavy (non-hydrogen) atoms. The van der Waals surface area contributed by atoms with Gasteiger partial charge in [-0.15, -0.1) is 0 Å². The quantitative estimate of drug-likeness (QED) is 0.577. The summed E-state index contributed by atoms with van der Waals surface area (Å²) in [5.74, 6) is 1.76. The van der Waals surface area contributed by atoms with Crippen molar-refractivity contribution in [2.45, 2.75) is 6.54 Å². The lowest BCUT2D eigenvalue weighted by Crippen LogP contribution is -2.19. The summed E-state index contributed by atoms with van der Waals surface area (Å²) in [5, 5.41) is 4.49. The van der Waals surface area contributed by atoms with Crippen molar-refractivity contribution in [2.24, 2.45) is 0 Å². The van der Waals surface area contributed by atoms with E-state index in [1.807, 2.05) is 40.9 Å². The molecule has 4 rings (SSSR count). The average molecular weight is 304 g/mol. The number of benzene rings is 1. The van der Waals surface area contributed by atoms with Gasteiger partial charge in [-0.1, -0.05) is 30.3 Å². The standard InChI is InChI=1S/C18H16N4O/c1-21(13-14-6-3-2-4-7-14)17-9-10-19-18-15(12-20-22(17)18)16-8-5-11-23-16/h2-12H,13H2,1H3. The van der Waals surface area contributed by atoms with E-state index in [9.17, 15) is 0 Å². The van der Waals surface area contributed by atoms with Gasteiger partial charge < -0.3 is 9.32 Å². The minimum atomic E-state index is 0.773.